The van der Waals surface area contributed by atoms with Crippen LogP contribution in [0.25, 0.3) is 10.8 Å². The van der Waals surface area contributed by atoms with Crippen LogP contribution >= 0.6 is 0 Å². The van der Waals surface area contributed by atoms with Crippen molar-refractivity contribution in [3.8, 4) is 11.5 Å². The van der Waals surface area contributed by atoms with Crippen LogP contribution in [0.5, 0.6) is 11.5 Å². The van der Waals surface area contributed by atoms with Crippen molar-refractivity contribution >= 4 is 34.0 Å². The van der Waals surface area contributed by atoms with E-state index in [-0.39, 0.29) is 5.91 Å². The molecule has 2 aliphatic rings. The molecule has 3 aromatic rings. The number of oxime groups is 1. The van der Waals surface area contributed by atoms with Crippen LogP contribution in [0.4, 0.5) is 5.69 Å². The van der Waals surface area contributed by atoms with Gasteiger partial charge in [0.2, 0.25) is 12.0 Å². The van der Waals surface area contributed by atoms with Crippen LogP contribution in [-0.2, 0) is 14.4 Å². The zero-order valence-corrected chi connectivity index (χ0v) is 16.4. The average molecular weight is 402 g/mol. The maximum Gasteiger partial charge on any atom is 0.278 e. The van der Waals surface area contributed by atoms with Gasteiger partial charge in [-0.15, -0.1) is 0 Å². The predicted molar refractivity (Wildman–Crippen MR) is 111 cm³/mol. The van der Waals surface area contributed by atoms with Crippen molar-refractivity contribution in [2.24, 2.45) is 11.1 Å². The quantitative estimate of drug-likeness (QED) is 0.627. The molecular weight excluding hydrogens is 384 g/mol. The molecule has 30 heavy (non-hydrogen) atoms. The van der Waals surface area contributed by atoms with E-state index in [0.717, 1.165) is 10.8 Å². The van der Waals surface area contributed by atoms with Crippen LogP contribution in [0.2, 0.25) is 0 Å². The summed E-state index contributed by atoms with van der Waals surface area (Å²) < 4.78 is 10.6. The number of anilines is 1. The molecule has 2 atom stereocenters. The highest BCUT2D eigenvalue weighted by Crippen LogP contribution is 2.37. The largest absolute Gasteiger partial charge is 0.493 e. The standard InChI is InChI=1S/C23H18N2O5/c1-28-17-10-8-15(12-18(17)29-2)20-19-21(30-24-20)23(27)25(22(19)26)16-9-7-13-5-3-4-6-14(13)11-16/h3-12,19,21H,1-2H3/t19-,21-/m0/s1. The third-order valence-corrected chi connectivity index (χ3v) is 5.48. The number of rotatable bonds is 4. The molecular formula is C23H18N2O5. The number of amides is 2. The molecule has 2 amide bonds. The fraction of sp³-hybridized carbons (Fsp3) is 0.174. The van der Waals surface area contributed by atoms with E-state index < -0.39 is 17.9 Å². The Balaban J connectivity index is 1.51. The minimum atomic E-state index is -0.966. The molecule has 0 saturated carbocycles. The van der Waals surface area contributed by atoms with Gasteiger partial charge in [-0.25, -0.2) is 4.90 Å². The lowest BCUT2D eigenvalue weighted by molar-refractivity contribution is -0.126. The first kappa shape index (κ1) is 18.2. The van der Waals surface area contributed by atoms with Gasteiger partial charge in [0.15, 0.2) is 11.5 Å². The first-order valence-corrected chi connectivity index (χ1v) is 9.45. The summed E-state index contributed by atoms with van der Waals surface area (Å²) in [5.41, 5.74) is 1.57. The minimum Gasteiger partial charge on any atom is -0.493 e. The average Bonchev–Trinajstić information content (AvgIpc) is 3.33. The number of carbonyl (C=O) groups is 2. The molecule has 2 aliphatic heterocycles. The van der Waals surface area contributed by atoms with Crippen LogP contribution in [0, 0.1) is 5.92 Å². The highest BCUT2D eigenvalue weighted by molar-refractivity contribution is 6.32. The molecule has 0 spiro atoms. The Kier molecular flexibility index (Phi) is 4.17. The Morgan fingerprint density at radius 3 is 2.40 bits per heavy atom. The number of benzene rings is 3. The first-order chi connectivity index (χ1) is 14.6. The SMILES string of the molecule is COc1ccc(C2=NO[C@@H]3C(=O)N(c4ccc5ccccc5c4)C(=O)[C@@H]23)cc1OC. The molecule has 0 unspecified atom stereocenters. The molecule has 1 fully saturated rings. The lowest BCUT2D eigenvalue weighted by atomic mass is 9.94. The third kappa shape index (κ3) is 2.62. The minimum absolute atomic E-state index is 0.355. The number of carbonyl (C=O) groups excluding carboxylic acids is 2. The molecule has 0 bridgehead atoms. The monoisotopic (exact) mass is 402 g/mol. The van der Waals surface area contributed by atoms with Gasteiger partial charge in [0.1, 0.15) is 11.6 Å². The molecule has 7 nitrogen and oxygen atoms in total. The lowest BCUT2D eigenvalue weighted by Gasteiger charge is -2.16. The van der Waals surface area contributed by atoms with Crippen molar-refractivity contribution in [3.63, 3.8) is 0 Å². The highest BCUT2D eigenvalue weighted by atomic mass is 16.7. The van der Waals surface area contributed by atoms with E-state index in [1.807, 2.05) is 36.4 Å². The van der Waals surface area contributed by atoms with Gasteiger partial charge in [-0.3, -0.25) is 9.59 Å². The Hall–Kier alpha value is -3.87. The summed E-state index contributed by atoms with van der Waals surface area (Å²) in [7, 11) is 3.08. The van der Waals surface area contributed by atoms with Crippen molar-refractivity contribution in [1.82, 2.24) is 0 Å². The fourth-order valence-corrected chi connectivity index (χ4v) is 3.98. The van der Waals surface area contributed by atoms with Crippen molar-refractivity contribution in [2.45, 2.75) is 6.10 Å². The maximum atomic E-state index is 13.3. The van der Waals surface area contributed by atoms with E-state index in [2.05, 4.69) is 5.16 Å². The lowest BCUT2D eigenvalue weighted by Crippen LogP contribution is -2.33. The highest BCUT2D eigenvalue weighted by Gasteiger charge is 2.56. The van der Waals surface area contributed by atoms with E-state index in [9.17, 15) is 9.59 Å². The number of hydrogen-bond donors (Lipinski definition) is 0. The number of ether oxygens (including phenoxy) is 2. The molecule has 0 aromatic heterocycles. The smallest absolute Gasteiger partial charge is 0.278 e. The number of nitrogens with zero attached hydrogens (tertiary/aromatic N) is 2. The number of hydrogen-bond acceptors (Lipinski definition) is 6. The van der Waals surface area contributed by atoms with Crippen molar-refractivity contribution < 1.29 is 23.9 Å². The molecule has 2 heterocycles. The number of fused-ring (bicyclic) bond motifs is 2. The van der Waals surface area contributed by atoms with Crippen molar-refractivity contribution in [1.29, 1.82) is 0 Å². The van der Waals surface area contributed by atoms with Crippen LogP contribution in [-0.4, -0.2) is 37.8 Å². The van der Waals surface area contributed by atoms with Crippen molar-refractivity contribution in [2.75, 3.05) is 19.1 Å². The second kappa shape index (κ2) is 6.88. The number of methoxy groups -OCH3 is 2. The summed E-state index contributed by atoms with van der Waals surface area (Å²) in [6, 6.07) is 18.5. The van der Waals surface area contributed by atoms with Gasteiger partial charge in [0, 0.05) is 5.56 Å². The van der Waals surface area contributed by atoms with Crippen LogP contribution in [0.3, 0.4) is 0 Å². The van der Waals surface area contributed by atoms with E-state index >= 15 is 0 Å². The normalized spacial score (nSPS) is 20.2. The summed E-state index contributed by atoms with van der Waals surface area (Å²) in [5, 5.41) is 6.03. The summed E-state index contributed by atoms with van der Waals surface area (Å²) >= 11 is 0. The Labute approximate surface area is 172 Å². The summed E-state index contributed by atoms with van der Waals surface area (Å²) in [6.07, 6.45) is -0.966. The maximum absolute atomic E-state index is 13.3. The van der Waals surface area contributed by atoms with Gasteiger partial charge in [0.25, 0.3) is 5.91 Å². The Morgan fingerprint density at radius 1 is 0.867 bits per heavy atom. The van der Waals surface area contributed by atoms with Gasteiger partial charge in [-0.05, 0) is 41.1 Å². The molecule has 7 heteroatoms. The third-order valence-electron chi connectivity index (χ3n) is 5.48. The summed E-state index contributed by atoms with van der Waals surface area (Å²) in [4.78, 5) is 32.9. The zero-order valence-electron chi connectivity index (χ0n) is 16.4. The van der Waals surface area contributed by atoms with Gasteiger partial charge < -0.3 is 14.3 Å². The van der Waals surface area contributed by atoms with Gasteiger partial charge in [-0.2, -0.15) is 0 Å². The van der Waals surface area contributed by atoms with Gasteiger partial charge in [-0.1, -0.05) is 35.5 Å². The molecule has 1 saturated heterocycles. The molecule has 0 radical (unpaired) electrons. The van der Waals surface area contributed by atoms with Crippen molar-refractivity contribution in [3.05, 3.63) is 66.2 Å². The topological polar surface area (TPSA) is 77.4 Å². The van der Waals surface area contributed by atoms with E-state index in [0.29, 0.717) is 28.5 Å². The van der Waals surface area contributed by atoms with E-state index in [1.54, 1.807) is 31.4 Å². The van der Waals surface area contributed by atoms with E-state index in [1.165, 1.54) is 12.0 Å². The predicted octanol–water partition coefficient (Wildman–Crippen LogP) is 3.15. The van der Waals surface area contributed by atoms with Crippen LogP contribution in [0.1, 0.15) is 5.56 Å². The molecule has 0 aliphatic carbocycles. The Morgan fingerprint density at radius 2 is 1.63 bits per heavy atom. The molecule has 5 rings (SSSR count). The summed E-state index contributed by atoms with van der Waals surface area (Å²) in [5.74, 6) is -0.513. The Bertz CT molecular complexity index is 1220. The second-order valence-electron chi connectivity index (χ2n) is 7.09. The van der Waals surface area contributed by atoms with Crippen LogP contribution < -0.4 is 14.4 Å². The summed E-state index contributed by atoms with van der Waals surface area (Å²) in [6.45, 7) is 0. The van der Waals surface area contributed by atoms with Gasteiger partial charge >= 0.3 is 0 Å². The molecule has 0 N–H and O–H groups in total. The molecule has 150 valence electrons. The number of imide groups is 1. The first-order valence-electron chi connectivity index (χ1n) is 9.45. The molecule has 3 aromatic carbocycles. The fourth-order valence-electron chi connectivity index (χ4n) is 3.98. The second-order valence-corrected chi connectivity index (χ2v) is 7.09. The van der Waals surface area contributed by atoms with Gasteiger partial charge in [0.05, 0.1) is 19.9 Å². The zero-order chi connectivity index (χ0) is 20.8. The van der Waals surface area contributed by atoms with E-state index in [4.69, 9.17) is 14.3 Å². The van der Waals surface area contributed by atoms with Crippen LogP contribution in [0.15, 0.2) is 65.8 Å².